The molecule has 28 heavy (non-hydrogen) atoms. The van der Waals surface area contributed by atoms with Crippen molar-refractivity contribution in [3.63, 3.8) is 0 Å². The Balaban J connectivity index is 1.94. The van der Waals surface area contributed by atoms with E-state index in [1.165, 1.54) is 5.56 Å². The van der Waals surface area contributed by atoms with Crippen LogP contribution in [0.25, 0.3) is 11.6 Å². The van der Waals surface area contributed by atoms with E-state index in [9.17, 15) is 4.79 Å². The third-order valence-corrected chi connectivity index (χ3v) is 5.07. The predicted molar refractivity (Wildman–Crippen MR) is 118 cm³/mol. The van der Waals surface area contributed by atoms with Gasteiger partial charge in [0, 0.05) is 10.6 Å². The first-order valence-corrected chi connectivity index (χ1v) is 9.85. The van der Waals surface area contributed by atoms with Gasteiger partial charge >= 0.3 is 0 Å². The summed E-state index contributed by atoms with van der Waals surface area (Å²) in [5, 5.41) is 3.81. The van der Waals surface area contributed by atoms with Crippen LogP contribution in [0, 0.1) is 6.92 Å². The van der Waals surface area contributed by atoms with Gasteiger partial charge in [-0.1, -0.05) is 96.9 Å². The summed E-state index contributed by atoms with van der Waals surface area (Å²) in [5.41, 5.74) is 4.58. The Kier molecular flexibility index (Phi) is 6.67. The van der Waals surface area contributed by atoms with E-state index >= 15 is 0 Å². The summed E-state index contributed by atoms with van der Waals surface area (Å²) in [4.78, 5) is 13.2. The molecule has 1 atom stereocenters. The minimum absolute atomic E-state index is 0.0496. The van der Waals surface area contributed by atoms with Gasteiger partial charge in [-0.05, 0) is 42.2 Å². The Bertz CT molecular complexity index is 961. The first-order valence-electron chi connectivity index (χ1n) is 9.47. The Labute approximate surface area is 171 Å². The van der Waals surface area contributed by atoms with Gasteiger partial charge in [-0.3, -0.25) is 4.79 Å². The topological polar surface area (TPSA) is 29.1 Å². The fourth-order valence-corrected chi connectivity index (χ4v) is 3.29. The number of carbonyl (C=O) groups is 1. The van der Waals surface area contributed by atoms with Crippen LogP contribution in [-0.4, -0.2) is 5.91 Å². The second-order valence-corrected chi connectivity index (χ2v) is 7.20. The standard InChI is InChI=1S/C25H24ClNO/c1-3-24(20-15-13-18(2)14-16-20)27-25(28)22(19-9-5-4-6-10-19)17-21-11-7-8-12-23(21)26/h4-17,24H,3H2,1-2H3,(H,27,28)/b22-17+/t24-/m1/s1. The summed E-state index contributed by atoms with van der Waals surface area (Å²) in [7, 11) is 0. The molecule has 0 aromatic heterocycles. The van der Waals surface area contributed by atoms with Crippen molar-refractivity contribution >= 4 is 29.2 Å². The SMILES string of the molecule is CC[C@@H](NC(=O)/C(=C/c1ccccc1Cl)c1ccccc1)c1ccc(C)cc1. The lowest BCUT2D eigenvalue weighted by atomic mass is 9.99. The summed E-state index contributed by atoms with van der Waals surface area (Å²) >= 11 is 6.33. The van der Waals surface area contributed by atoms with Crippen LogP contribution in [0.4, 0.5) is 0 Å². The fraction of sp³-hybridized carbons (Fsp3) is 0.160. The molecule has 3 rings (SSSR count). The van der Waals surface area contributed by atoms with Gasteiger partial charge in [0.15, 0.2) is 0 Å². The van der Waals surface area contributed by atoms with Gasteiger partial charge < -0.3 is 5.32 Å². The Hall–Kier alpha value is -2.84. The summed E-state index contributed by atoms with van der Waals surface area (Å²) < 4.78 is 0. The molecule has 2 nitrogen and oxygen atoms in total. The minimum Gasteiger partial charge on any atom is -0.345 e. The lowest BCUT2D eigenvalue weighted by Crippen LogP contribution is -2.29. The van der Waals surface area contributed by atoms with Crippen LogP contribution in [0.15, 0.2) is 78.9 Å². The number of hydrogen-bond donors (Lipinski definition) is 1. The van der Waals surface area contributed by atoms with Crippen LogP contribution in [0.2, 0.25) is 5.02 Å². The second-order valence-electron chi connectivity index (χ2n) is 6.79. The van der Waals surface area contributed by atoms with Crippen LogP contribution < -0.4 is 5.32 Å². The molecule has 0 unspecified atom stereocenters. The van der Waals surface area contributed by atoms with E-state index in [1.807, 2.05) is 60.7 Å². The van der Waals surface area contributed by atoms with Crippen molar-refractivity contribution in [1.82, 2.24) is 5.32 Å². The van der Waals surface area contributed by atoms with E-state index in [1.54, 1.807) is 0 Å². The van der Waals surface area contributed by atoms with E-state index in [4.69, 9.17) is 11.6 Å². The third-order valence-electron chi connectivity index (χ3n) is 4.73. The lowest BCUT2D eigenvalue weighted by Gasteiger charge is -2.19. The second kappa shape index (κ2) is 9.38. The molecular weight excluding hydrogens is 366 g/mol. The van der Waals surface area contributed by atoms with Crippen LogP contribution in [0.1, 0.15) is 41.6 Å². The van der Waals surface area contributed by atoms with Gasteiger partial charge in [-0.2, -0.15) is 0 Å². The summed E-state index contributed by atoms with van der Waals surface area (Å²) in [6.45, 7) is 4.13. The quantitative estimate of drug-likeness (QED) is 0.380. The highest BCUT2D eigenvalue weighted by molar-refractivity contribution is 6.33. The summed E-state index contributed by atoms with van der Waals surface area (Å²) in [6.07, 6.45) is 2.66. The predicted octanol–water partition coefficient (Wildman–Crippen LogP) is 6.46. The molecule has 142 valence electrons. The van der Waals surface area contributed by atoms with Crippen LogP contribution >= 0.6 is 11.6 Å². The van der Waals surface area contributed by atoms with E-state index in [-0.39, 0.29) is 11.9 Å². The van der Waals surface area contributed by atoms with Crippen molar-refractivity contribution in [3.05, 3.63) is 106 Å². The van der Waals surface area contributed by atoms with Crippen molar-refractivity contribution in [2.45, 2.75) is 26.3 Å². The van der Waals surface area contributed by atoms with Crippen LogP contribution in [0.3, 0.4) is 0 Å². The van der Waals surface area contributed by atoms with Crippen molar-refractivity contribution in [3.8, 4) is 0 Å². The molecule has 0 saturated heterocycles. The molecule has 0 radical (unpaired) electrons. The maximum atomic E-state index is 13.2. The number of aryl methyl sites for hydroxylation is 1. The highest BCUT2D eigenvalue weighted by atomic mass is 35.5. The smallest absolute Gasteiger partial charge is 0.252 e. The molecule has 1 amide bonds. The average Bonchev–Trinajstić information content (AvgIpc) is 2.72. The Morgan fingerprint density at radius 2 is 1.61 bits per heavy atom. The van der Waals surface area contributed by atoms with Crippen molar-refractivity contribution in [1.29, 1.82) is 0 Å². The molecule has 0 fully saturated rings. The minimum atomic E-state index is -0.112. The first-order chi connectivity index (χ1) is 13.6. The zero-order valence-electron chi connectivity index (χ0n) is 16.2. The van der Waals surface area contributed by atoms with Crippen LogP contribution in [0.5, 0.6) is 0 Å². The molecule has 0 aliphatic heterocycles. The van der Waals surface area contributed by atoms with Crippen molar-refractivity contribution < 1.29 is 4.79 Å². The maximum absolute atomic E-state index is 13.2. The van der Waals surface area contributed by atoms with Gasteiger partial charge in [0.1, 0.15) is 0 Å². The zero-order valence-corrected chi connectivity index (χ0v) is 16.9. The van der Waals surface area contributed by atoms with E-state index in [2.05, 4.69) is 43.4 Å². The molecule has 0 bridgehead atoms. The van der Waals surface area contributed by atoms with Gasteiger partial charge in [-0.15, -0.1) is 0 Å². The summed E-state index contributed by atoms with van der Waals surface area (Å²) in [6, 6.07) is 25.5. The number of amides is 1. The number of benzene rings is 3. The molecular formula is C25H24ClNO. The molecule has 0 aliphatic carbocycles. The molecule has 1 N–H and O–H groups in total. The molecule has 3 aromatic rings. The average molecular weight is 390 g/mol. The van der Waals surface area contributed by atoms with Gasteiger partial charge in [0.25, 0.3) is 5.91 Å². The number of halogens is 1. The number of hydrogen-bond acceptors (Lipinski definition) is 1. The highest BCUT2D eigenvalue weighted by Gasteiger charge is 2.18. The monoisotopic (exact) mass is 389 g/mol. The number of carbonyl (C=O) groups excluding carboxylic acids is 1. The van der Waals surface area contributed by atoms with Crippen molar-refractivity contribution in [2.75, 3.05) is 0 Å². The van der Waals surface area contributed by atoms with E-state index < -0.39 is 0 Å². The fourth-order valence-electron chi connectivity index (χ4n) is 3.10. The molecule has 0 heterocycles. The van der Waals surface area contributed by atoms with E-state index in [0.29, 0.717) is 10.6 Å². The molecule has 3 heteroatoms. The normalized spacial score (nSPS) is 12.5. The zero-order chi connectivity index (χ0) is 19.9. The highest BCUT2D eigenvalue weighted by Crippen LogP contribution is 2.25. The largest absolute Gasteiger partial charge is 0.345 e. The molecule has 0 aliphatic rings. The molecule has 0 spiro atoms. The summed E-state index contributed by atoms with van der Waals surface area (Å²) in [5.74, 6) is -0.112. The number of nitrogens with one attached hydrogen (secondary N) is 1. The van der Waals surface area contributed by atoms with Gasteiger partial charge in [0.05, 0.1) is 6.04 Å². The Morgan fingerprint density at radius 1 is 0.964 bits per heavy atom. The number of rotatable bonds is 6. The maximum Gasteiger partial charge on any atom is 0.252 e. The van der Waals surface area contributed by atoms with Crippen LogP contribution in [-0.2, 0) is 4.79 Å². The first kappa shape index (κ1) is 19.9. The molecule has 3 aromatic carbocycles. The van der Waals surface area contributed by atoms with Crippen molar-refractivity contribution in [2.24, 2.45) is 0 Å². The van der Waals surface area contributed by atoms with E-state index in [0.717, 1.165) is 23.1 Å². The third kappa shape index (κ3) is 4.90. The Morgan fingerprint density at radius 3 is 2.25 bits per heavy atom. The van der Waals surface area contributed by atoms with Gasteiger partial charge in [-0.25, -0.2) is 0 Å². The molecule has 0 saturated carbocycles. The lowest BCUT2D eigenvalue weighted by molar-refractivity contribution is -0.116. The van der Waals surface area contributed by atoms with Gasteiger partial charge in [0.2, 0.25) is 0 Å².